The predicted octanol–water partition coefficient (Wildman–Crippen LogP) is 0.194. The van der Waals surface area contributed by atoms with Crippen molar-refractivity contribution in [3.05, 3.63) is 12.4 Å². The minimum atomic E-state index is 0.547. The molecule has 4 heteroatoms. The summed E-state index contributed by atoms with van der Waals surface area (Å²) in [6.07, 6.45) is 4.95. The third-order valence-electron chi connectivity index (χ3n) is 2.21. The maximum absolute atomic E-state index is 4.20. The molecule has 0 saturated carbocycles. The van der Waals surface area contributed by atoms with E-state index >= 15 is 0 Å². The van der Waals surface area contributed by atoms with Gasteiger partial charge in [0.25, 0.3) is 0 Å². The van der Waals surface area contributed by atoms with Gasteiger partial charge < -0.3 is 15.2 Å². The number of rotatable bonds is 2. The van der Waals surface area contributed by atoms with Gasteiger partial charge in [-0.15, -0.1) is 0 Å². The molecule has 0 radical (unpaired) electrons. The van der Waals surface area contributed by atoms with E-state index in [4.69, 9.17) is 0 Å². The first-order chi connectivity index (χ1) is 5.86. The van der Waals surface area contributed by atoms with Crippen molar-refractivity contribution >= 4 is 5.95 Å². The van der Waals surface area contributed by atoms with Crippen LogP contribution in [0, 0.1) is 0 Å². The summed E-state index contributed by atoms with van der Waals surface area (Å²) in [5, 5.41) is 6.68. The van der Waals surface area contributed by atoms with Crippen LogP contribution in [0.1, 0.15) is 6.42 Å². The maximum atomic E-state index is 4.20. The van der Waals surface area contributed by atoms with E-state index in [1.54, 1.807) is 0 Å². The number of nitrogens with one attached hydrogen (secondary N) is 2. The van der Waals surface area contributed by atoms with Crippen molar-refractivity contribution in [3.63, 3.8) is 0 Å². The summed E-state index contributed by atoms with van der Waals surface area (Å²) in [5.74, 6) is 0.962. The van der Waals surface area contributed by atoms with Gasteiger partial charge >= 0.3 is 0 Å². The number of aromatic nitrogens is 2. The zero-order chi connectivity index (χ0) is 8.39. The number of hydrogen-bond acceptors (Lipinski definition) is 3. The first-order valence-corrected chi connectivity index (χ1v) is 4.31. The molecular weight excluding hydrogens is 152 g/mol. The van der Waals surface area contributed by atoms with Gasteiger partial charge in [-0.2, -0.15) is 0 Å². The lowest BCUT2D eigenvalue weighted by Crippen LogP contribution is -2.23. The van der Waals surface area contributed by atoms with Crippen molar-refractivity contribution in [2.75, 3.05) is 18.4 Å². The fourth-order valence-electron chi connectivity index (χ4n) is 1.47. The summed E-state index contributed by atoms with van der Waals surface area (Å²) >= 11 is 0. The lowest BCUT2D eigenvalue weighted by Gasteiger charge is -2.11. The Hall–Kier alpha value is -1.03. The Labute approximate surface area is 72.0 Å². The highest BCUT2D eigenvalue weighted by molar-refractivity contribution is 5.27. The van der Waals surface area contributed by atoms with E-state index in [1.165, 1.54) is 6.42 Å². The van der Waals surface area contributed by atoms with Crippen LogP contribution in [0.2, 0.25) is 0 Å². The van der Waals surface area contributed by atoms with Crippen LogP contribution in [-0.4, -0.2) is 28.7 Å². The summed E-state index contributed by atoms with van der Waals surface area (Å²) < 4.78 is 2.00. The van der Waals surface area contributed by atoms with Crippen molar-refractivity contribution in [1.82, 2.24) is 14.9 Å². The molecule has 66 valence electrons. The zero-order valence-electron chi connectivity index (χ0n) is 7.25. The Morgan fingerprint density at radius 1 is 1.75 bits per heavy atom. The first-order valence-electron chi connectivity index (χ1n) is 4.31. The van der Waals surface area contributed by atoms with Gasteiger partial charge in [0.1, 0.15) is 0 Å². The van der Waals surface area contributed by atoms with E-state index in [-0.39, 0.29) is 0 Å². The molecule has 1 saturated heterocycles. The minimum absolute atomic E-state index is 0.547. The second-order valence-electron chi connectivity index (χ2n) is 3.20. The fraction of sp³-hybridized carbons (Fsp3) is 0.625. The van der Waals surface area contributed by atoms with Crippen LogP contribution < -0.4 is 10.6 Å². The average Bonchev–Trinajstić information content (AvgIpc) is 2.65. The topological polar surface area (TPSA) is 41.9 Å². The molecule has 1 aromatic rings. The molecule has 4 nitrogen and oxygen atoms in total. The SMILES string of the molecule is Cn1ccnc1NC1CCNC1. The predicted molar refractivity (Wildman–Crippen MR) is 48.1 cm³/mol. The van der Waals surface area contributed by atoms with Gasteiger partial charge in [0, 0.05) is 32.0 Å². The molecular formula is C8H14N4. The molecule has 1 aliphatic heterocycles. The highest BCUT2D eigenvalue weighted by Gasteiger charge is 2.14. The summed E-state index contributed by atoms with van der Waals surface area (Å²) in [6, 6.07) is 0.547. The fourth-order valence-corrected chi connectivity index (χ4v) is 1.47. The molecule has 0 bridgehead atoms. The van der Waals surface area contributed by atoms with E-state index in [2.05, 4.69) is 15.6 Å². The monoisotopic (exact) mass is 166 g/mol. The standard InChI is InChI=1S/C8H14N4/c1-12-5-4-10-8(12)11-7-2-3-9-6-7/h4-5,7,9H,2-3,6H2,1H3,(H,10,11). The Morgan fingerprint density at radius 3 is 3.25 bits per heavy atom. The van der Waals surface area contributed by atoms with Gasteiger partial charge in [-0.1, -0.05) is 0 Å². The number of imidazole rings is 1. The smallest absolute Gasteiger partial charge is 0.202 e. The number of aryl methyl sites for hydroxylation is 1. The maximum Gasteiger partial charge on any atom is 0.202 e. The van der Waals surface area contributed by atoms with Crippen LogP contribution in [0.5, 0.6) is 0 Å². The second kappa shape index (κ2) is 3.15. The van der Waals surface area contributed by atoms with E-state index in [0.29, 0.717) is 6.04 Å². The molecule has 0 aromatic carbocycles. The van der Waals surface area contributed by atoms with Crippen molar-refractivity contribution in [2.24, 2.45) is 7.05 Å². The van der Waals surface area contributed by atoms with Crippen molar-refractivity contribution < 1.29 is 0 Å². The van der Waals surface area contributed by atoms with Gasteiger partial charge in [-0.3, -0.25) is 0 Å². The van der Waals surface area contributed by atoms with Crippen LogP contribution in [0.15, 0.2) is 12.4 Å². The van der Waals surface area contributed by atoms with Gasteiger partial charge in [-0.25, -0.2) is 4.98 Å². The van der Waals surface area contributed by atoms with Gasteiger partial charge in [0.05, 0.1) is 0 Å². The third kappa shape index (κ3) is 1.43. The minimum Gasteiger partial charge on any atom is -0.352 e. The summed E-state index contributed by atoms with van der Waals surface area (Å²) in [7, 11) is 2.00. The van der Waals surface area contributed by atoms with Crippen molar-refractivity contribution in [3.8, 4) is 0 Å². The largest absolute Gasteiger partial charge is 0.352 e. The molecule has 1 atom stereocenters. The molecule has 1 aliphatic rings. The van der Waals surface area contributed by atoms with Gasteiger partial charge in [0.15, 0.2) is 0 Å². The van der Waals surface area contributed by atoms with E-state index in [1.807, 2.05) is 24.0 Å². The Balaban J connectivity index is 1.98. The lowest BCUT2D eigenvalue weighted by atomic mass is 10.3. The molecule has 1 aromatic heterocycles. The van der Waals surface area contributed by atoms with Crippen LogP contribution in [0.4, 0.5) is 5.95 Å². The highest BCUT2D eigenvalue weighted by atomic mass is 15.2. The second-order valence-corrected chi connectivity index (χ2v) is 3.20. The highest BCUT2D eigenvalue weighted by Crippen LogP contribution is 2.07. The van der Waals surface area contributed by atoms with Crippen molar-refractivity contribution in [2.45, 2.75) is 12.5 Å². The van der Waals surface area contributed by atoms with E-state index < -0.39 is 0 Å². The normalized spacial score (nSPS) is 22.9. The number of nitrogens with zero attached hydrogens (tertiary/aromatic N) is 2. The molecule has 0 aliphatic carbocycles. The molecule has 1 fully saturated rings. The van der Waals surface area contributed by atoms with Crippen LogP contribution in [0.3, 0.4) is 0 Å². The number of hydrogen-bond donors (Lipinski definition) is 2. The summed E-state index contributed by atoms with van der Waals surface area (Å²) in [4.78, 5) is 4.20. The van der Waals surface area contributed by atoms with Gasteiger partial charge in [0.2, 0.25) is 5.95 Å². The van der Waals surface area contributed by atoms with Gasteiger partial charge in [-0.05, 0) is 13.0 Å². The molecule has 12 heavy (non-hydrogen) atoms. The van der Waals surface area contributed by atoms with E-state index in [9.17, 15) is 0 Å². The Bertz CT molecular complexity index is 249. The molecule has 1 unspecified atom stereocenters. The first kappa shape index (κ1) is 7.61. The van der Waals surface area contributed by atoms with Crippen molar-refractivity contribution in [1.29, 1.82) is 0 Å². The zero-order valence-corrected chi connectivity index (χ0v) is 7.25. The summed E-state index contributed by atoms with van der Waals surface area (Å²) in [5.41, 5.74) is 0. The summed E-state index contributed by atoms with van der Waals surface area (Å²) in [6.45, 7) is 2.16. The number of anilines is 1. The average molecular weight is 166 g/mol. The third-order valence-corrected chi connectivity index (χ3v) is 2.21. The Kier molecular flexibility index (Phi) is 1.99. The van der Waals surface area contributed by atoms with E-state index in [0.717, 1.165) is 19.0 Å². The Morgan fingerprint density at radius 2 is 2.67 bits per heavy atom. The molecule has 0 spiro atoms. The van der Waals surface area contributed by atoms with Crippen LogP contribution in [-0.2, 0) is 7.05 Å². The van der Waals surface area contributed by atoms with Crippen LogP contribution in [0.25, 0.3) is 0 Å². The molecule has 2 heterocycles. The molecule has 2 N–H and O–H groups in total. The molecule has 0 amide bonds. The lowest BCUT2D eigenvalue weighted by molar-refractivity contribution is 0.764. The van der Waals surface area contributed by atoms with Crippen LogP contribution >= 0.6 is 0 Å². The quantitative estimate of drug-likeness (QED) is 0.659. The molecule has 2 rings (SSSR count).